The molecule has 3 rings (SSSR count). The summed E-state index contributed by atoms with van der Waals surface area (Å²) in [5.74, 6) is -0.126. The van der Waals surface area contributed by atoms with Gasteiger partial charge in [0, 0.05) is 30.6 Å². The lowest BCUT2D eigenvalue weighted by molar-refractivity contribution is -0.130. The molecule has 2 aliphatic rings. The normalized spacial score (nSPS) is 24.5. The number of carbonyl (C=O) groups is 2. The van der Waals surface area contributed by atoms with Crippen LogP contribution in [-0.2, 0) is 11.2 Å². The summed E-state index contributed by atoms with van der Waals surface area (Å²) in [4.78, 5) is 29.4. The minimum atomic E-state index is -0.774. The van der Waals surface area contributed by atoms with Gasteiger partial charge in [-0.15, -0.1) is 11.3 Å². The first-order chi connectivity index (χ1) is 10.4. The molecule has 0 bridgehead atoms. The van der Waals surface area contributed by atoms with E-state index >= 15 is 0 Å². The van der Waals surface area contributed by atoms with Crippen molar-refractivity contribution in [3.8, 4) is 0 Å². The monoisotopic (exact) mass is 321 g/mol. The summed E-state index contributed by atoms with van der Waals surface area (Å²) in [5.41, 5.74) is 0.653. The molecule has 22 heavy (non-hydrogen) atoms. The van der Waals surface area contributed by atoms with Gasteiger partial charge in [-0.25, -0.2) is 4.79 Å². The molecule has 3 amide bonds. The number of urea groups is 1. The molecule has 2 aliphatic heterocycles. The highest BCUT2D eigenvalue weighted by Gasteiger charge is 2.44. The van der Waals surface area contributed by atoms with Gasteiger partial charge in [-0.05, 0) is 43.7 Å². The molecular weight excluding hydrogens is 298 g/mol. The minimum Gasteiger partial charge on any atom is -0.324 e. The second-order valence-electron chi connectivity index (χ2n) is 6.52. The molecule has 6 heteroatoms. The minimum absolute atomic E-state index is 0.126. The summed E-state index contributed by atoms with van der Waals surface area (Å²) >= 11 is 1.84. The third-order valence-electron chi connectivity index (χ3n) is 4.65. The van der Waals surface area contributed by atoms with Gasteiger partial charge in [0.1, 0.15) is 5.54 Å². The summed E-state index contributed by atoms with van der Waals surface area (Å²) in [7, 11) is 0. The molecular formula is C16H23N3O2S. The van der Waals surface area contributed by atoms with Gasteiger partial charge in [-0.3, -0.25) is 14.6 Å². The van der Waals surface area contributed by atoms with Gasteiger partial charge in [0.15, 0.2) is 0 Å². The third kappa shape index (κ3) is 2.54. The summed E-state index contributed by atoms with van der Waals surface area (Å²) in [5, 5.41) is 4.90. The number of imide groups is 1. The molecule has 5 nitrogen and oxygen atoms in total. The summed E-state index contributed by atoms with van der Waals surface area (Å²) in [6, 6.07) is 2.36. The molecule has 0 radical (unpaired) electrons. The largest absolute Gasteiger partial charge is 0.325 e. The van der Waals surface area contributed by atoms with Gasteiger partial charge in [0.2, 0.25) is 0 Å². The highest BCUT2D eigenvalue weighted by atomic mass is 32.1. The molecule has 0 aromatic carbocycles. The standard InChI is InChI=1S/C16H23N3O2S/c1-4-12-11-6-10-22-13(11)5-7-18(12)8-9-19-14(20)16(2,3)17-15(19)21/h6,10,12H,4-5,7-9H2,1-3H3,(H,17,21)/t12-/m0/s1. The molecule has 120 valence electrons. The van der Waals surface area contributed by atoms with Crippen molar-refractivity contribution in [2.45, 2.75) is 45.2 Å². The molecule has 1 aromatic rings. The van der Waals surface area contributed by atoms with E-state index in [4.69, 9.17) is 0 Å². The highest BCUT2D eigenvalue weighted by molar-refractivity contribution is 7.10. The number of nitrogens with zero attached hydrogens (tertiary/aromatic N) is 2. The molecule has 1 fully saturated rings. The van der Waals surface area contributed by atoms with Gasteiger partial charge in [-0.1, -0.05) is 6.92 Å². The quantitative estimate of drug-likeness (QED) is 0.866. The Balaban J connectivity index is 1.67. The van der Waals surface area contributed by atoms with Crippen molar-refractivity contribution in [3.63, 3.8) is 0 Å². The van der Waals surface area contributed by atoms with E-state index in [2.05, 4.69) is 28.6 Å². The molecule has 1 atom stereocenters. The van der Waals surface area contributed by atoms with Crippen LogP contribution in [-0.4, -0.2) is 46.9 Å². The zero-order chi connectivity index (χ0) is 15.9. The number of fused-ring (bicyclic) bond motifs is 1. The van der Waals surface area contributed by atoms with Crippen molar-refractivity contribution in [2.75, 3.05) is 19.6 Å². The summed E-state index contributed by atoms with van der Waals surface area (Å²) in [6.45, 7) is 7.90. The van der Waals surface area contributed by atoms with Gasteiger partial charge >= 0.3 is 6.03 Å². The van der Waals surface area contributed by atoms with Crippen molar-refractivity contribution in [1.29, 1.82) is 0 Å². The van der Waals surface area contributed by atoms with Gasteiger partial charge in [0.05, 0.1) is 0 Å². The van der Waals surface area contributed by atoms with E-state index in [1.54, 1.807) is 13.8 Å². The lowest BCUT2D eigenvalue weighted by Gasteiger charge is -2.36. The van der Waals surface area contributed by atoms with Crippen LogP contribution in [0, 0.1) is 0 Å². The van der Waals surface area contributed by atoms with E-state index in [1.807, 2.05) is 11.3 Å². The van der Waals surface area contributed by atoms with Crippen LogP contribution in [0.3, 0.4) is 0 Å². The van der Waals surface area contributed by atoms with Crippen LogP contribution in [0.15, 0.2) is 11.4 Å². The zero-order valence-corrected chi connectivity index (χ0v) is 14.2. The molecule has 1 N–H and O–H groups in total. The van der Waals surface area contributed by atoms with E-state index < -0.39 is 5.54 Å². The van der Waals surface area contributed by atoms with E-state index in [-0.39, 0.29) is 11.9 Å². The van der Waals surface area contributed by atoms with E-state index in [0.717, 1.165) is 25.9 Å². The van der Waals surface area contributed by atoms with Crippen molar-refractivity contribution in [3.05, 3.63) is 21.9 Å². The van der Waals surface area contributed by atoms with Crippen LogP contribution in [0.5, 0.6) is 0 Å². The molecule has 0 unspecified atom stereocenters. The molecule has 0 saturated carbocycles. The second-order valence-corrected chi connectivity index (χ2v) is 7.52. The number of hydrogen-bond donors (Lipinski definition) is 1. The predicted molar refractivity (Wildman–Crippen MR) is 87.0 cm³/mol. The SMILES string of the molecule is CC[C@H]1c2ccsc2CCN1CCN1C(=O)NC(C)(C)C1=O. The van der Waals surface area contributed by atoms with Crippen LogP contribution in [0.4, 0.5) is 4.79 Å². The van der Waals surface area contributed by atoms with Crippen LogP contribution < -0.4 is 5.32 Å². The lowest BCUT2D eigenvalue weighted by Crippen LogP contribution is -2.43. The average Bonchev–Trinajstić information content (AvgIpc) is 3.01. The van der Waals surface area contributed by atoms with Crippen LogP contribution in [0.2, 0.25) is 0 Å². The lowest BCUT2D eigenvalue weighted by atomic mass is 9.98. The van der Waals surface area contributed by atoms with Crippen molar-refractivity contribution in [2.24, 2.45) is 0 Å². The fourth-order valence-electron chi connectivity index (χ4n) is 3.44. The maximum atomic E-state index is 12.2. The maximum Gasteiger partial charge on any atom is 0.325 e. The number of carbonyl (C=O) groups excluding carboxylic acids is 2. The Bertz CT molecular complexity index is 596. The van der Waals surface area contributed by atoms with Gasteiger partial charge in [-0.2, -0.15) is 0 Å². The highest BCUT2D eigenvalue weighted by Crippen LogP contribution is 2.35. The Kier molecular flexibility index (Phi) is 3.99. The van der Waals surface area contributed by atoms with E-state index in [1.165, 1.54) is 15.3 Å². The van der Waals surface area contributed by atoms with Crippen LogP contribution in [0.1, 0.15) is 43.7 Å². The maximum absolute atomic E-state index is 12.2. The van der Waals surface area contributed by atoms with Crippen LogP contribution >= 0.6 is 11.3 Å². The van der Waals surface area contributed by atoms with E-state index in [9.17, 15) is 9.59 Å². The molecule has 1 saturated heterocycles. The Morgan fingerprint density at radius 3 is 2.77 bits per heavy atom. The first kappa shape index (κ1) is 15.5. The fourth-order valence-corrected chi connectivity index (χ4v) is 4.37. The summed E-state index contributed by atoms with van der Waals surface area (Å²) in [6.07, 6.45) is 2.12. The van der Waals surface area contributed by atoms with Crippen molar-refractivity contribution >= 4 is 23.3 Å². The molecule has 0 aliphatic carbocycles. The Hall–Kier alpha value is -1.40. The number of hydrogen-bond acceptors (Lipinski definition) is 4. The second kappa shape index (κ2) is 5.66. The number of amides is 3. The molecule has 0 spiro atoms. The topological polar surface area (TPSA) is 52.6 Å². The smallest absolute Gasteiger partial charge is 0.324 e. The Morgan fingerprint density at radius 1 is 1.36 bits per heavy atom. The average molecular weight is 321 g/mol. The van der Waals surface area contributed by atoms with Gasteiger partial charge in [0.25, 0.3) is 5.91 Å². The third-order valence-corrected chi connectivity index (χ3v) is 5.64. The van der Waals surface area contributed by atoms with Crippen LogP contribution in [0.25, 0.3) is 0 Å². The Morgan fingerprint density at radius 2 is 2.14 bits per heavy atom. The molecule has 1 aromatic heterocycles. The zero-order valence-electron chi connectivity index (χ0n) is 13.4. The predicted octanol–water partition coefficient (Wildman–Crippen LogP) is 2.39. The number of nitrogens with one attached hydrogen (secondary N) is 1. The van der Waals surface area contributed by atoms with Gasteiger partial charge < -0.3 is 5.32 Å². The molecule has 3 heterocycles. The number of rotatable bonds is 4. The number of thiophene rings is 1. The first-order valence-corrected chi connectivity index (χ1v) is 8.76. The summed E-state index contributed by atoms with van der Waals surface area (Å²) < 4.78 is 0. The first-order valence-electron chi connectivity index (χ1n) is 7.88. The Labute approximate surface area is 135 Å². The van der Waals surface area contributed by atoms with E-state index in [0.29, 0.717) is 12.6 Å². The fraction of sp³-hybridized carbons (Fsp3) is 0.625. The van der Waals surface area contributed by atoms with Crippen molar-refractivity contribution < 1.29 is 9.59 Å². The van der Waals surface area contributed by atoms with Crippen molar-refractivity contribution in [1.82, 2.24) is 15.1 Å².